The molecule has 1 radical (unpaired) electrons. The summed E-state index contributed by atoms with van der Waals surface area (Å²) in [5.74, 6) is 0.601. The molecular formula is C24H25N4O2. The second-order valence-electron chi connectivity index (χ2n) is 8.13. The highest BCUT2D eigenvalue weighted by atomic mass is 16.2. The first-order valence-corrected chi connectivity index (χ1v) is 10.3. The van der Waals surface area contributed by atoms with Crippen molar-refractivity contribution in [2.45, 2.75) is 6.42 Å². The van der Waals surface area contributed by atoms with Gasteiger partial charge in [0.1, 0.15) is 0 Å². The fourth-order valence-corrected chi connectivity index (χ4v) is 4.65. The molecule has 0 aliphatic carbocycles. The molecule has 4 rings (SSSR count). The third kappa shape index (κ3) is 4.22. The zero-order chi connectivity index (χ0) is 21.1. The molecule has 2 aliphatic rings. The summed E-state index contributed by atoms with van der Waals surface area (Å²) >= 11 is 0. The molecule has 1 unspecified atom stereocenters. The van der Waals surface area contributed by atoms with Crippen LogP contribution >= 0.6 is 0 Å². The molecule has 2 aliphatic heterocycles. The first-order chi connectivity index (χ1) is 14.5. The Balaban J connectivity index is 1.27. The Hall–Kier alpha value is -3.17. The lowest BCUT2D eigenvalue weighted by Crippen LogP contribution is -2.33. The molecule has 6 heteroatoms. The summed E-state index contributed by atoms with van der Waals surface area (Å²) in [6.45, 7) is 4.43. The molecule has 2 saturated heterocycles. The Kier molecular flexibility index (Phi) is 5.82. The van der Waals surface area contributed by atoms with Crippen molar-refractivity contribution < 1.29 is 9.59 Å². The first kappa shape index (κ1) is 20.1. The Morgan fingerprint density at radius 3 is 2.50 bits per heavy atom. The lowest BCUT2D eigenvalue weighted by Gasteiger charge is -2.22. The van der Waals surface area contributed by atoms with E-state index in [1.807, 2.05) is 23.1 Å². The van der Waals surface area contributed by atoms with Crippen molar-refractivity contribution in [3.05, 3.63) is 77.2 Å². The van der Waals surface area contributed by atoms with E-state index in [2.05, 4.69) is 17.4 Å². The number of fused-ring (bicyclic) bond motifs is 1. The number of benzene rings is 2. The summed E-state index contributed by atoms with van der Waals surface area (Å²) < 4.78 is 0. The Labute approximate surface area is 176 Å². The Morgan fingerprint density at radius 1 is 1.07 bits per heavy atom. The van der Waals surface area contributed by atoms with Gasteiger partial charge >= 0.3 is 0 Å². The number of hydrogen-bond acceptors (Lipinski definition) is 4. The number of nitrogens with two attached hydrogens (primary N) is 1. The van der Waals surface area contributed by atoms with Gasteiger partial charge in [-0.25, -0.2) is 0 Å². The van der Waals surface area contributed by atoms with Gasteiger partial charge in [-0.1, -0.05) is 24.3 Å². The maximum atomic E-state index is 12.8. The van der Waals surface area contributed by atoms with E-state index in [1.165, 1.54) is 0 Å². The minimum Gasteiger partial charge on any atom is -0.366 e. The van der Waals surface area contributed by atoms with Crippen LogP contribution in [0.25, 0.3) is 0 Å². The molecule has 2 atom stereocenters. The summed E-state index contributed by atoms with van der Waals surface area (Å²) in [4.78, 5) is 28.7. The van der Waals surface area contributed by atoms with Crippen LogP contribution in [0.1, 0.15) is 38.3 Å². The van der Waals surface area contributed by atoms with Crippen LogP contribution in [0.5, 0.6) is 0 Å². The van der Waals surface area contributed by atoms with E-state index < -0.39 is 5.91 Å². The lowest BCUT2D eigenvalue weighted by atomic mass is 10.0. The van der Waals surface area contributed by atoms with Crippen molar-refractivity contribution >= 4 is 11.8 Å². The van der Waals surface area contributed by atoms with Crippen molar-refractivity contribution in [2.75, 3.05) is 32.7 Å². The highest BCUT2D eigenvalue weighted by Gasteiger charge is 2.41. The average molecular weight is 401 g/mol. The molecule has 2 amide bonds. The highest BCUT2D eigenvalue weighted by Crippen LogP contribution is 2.32. The zero-order valence-electron chi connectivity index (χ0n) is 16.8. The van der Waals surface area contributed by atoms with E-state index in [0.717, 1.165) is 44.7 Å². The second-order valence-corrected chi connectivity index (χ2v) is 8.13. The third-order valence-corrected chi connectivity index (χ3v) is 6.12. The zero-order valence-corrected chi connectivity index (χ0v) is 16.8. The van der Waals surface area contributed by atoms with Crippen LogP contribution in [0.4, 0.5) is 0 Å². The Morgan fingerprint density at radius 2 is 1.80 bits per heavy atom. The fourth-order valence-electron chi connectivity index (χ4n) is 4.65. The number of carbonyl (C=O) groups excluding carboxylic acids is 2. The molecule has 2 N–H and O–H groups in total. The molecule has 2 aromatic carbocycles. The summed E-state index contributed by atoms with van der Waals surface area (Å²) in [5.41, 5.74) is 8.00. The van der Waals surface area contributed by atoms with Crippen LogP contribution in [0.3, 0.4) is 0 Å². The quantitative estimate of drug-likeness (QED) is 0.804. The van der Waals surface area contributed by atoms with Gasteiger partial charge in [-0.05, 0) is 61.1 Å². The van der Waals surface area contributed by atoms with E-state index >= 15 is 0 Å². The van der Waals surface area contributed by atoms with Crippen LogP contribution in [-0.4, -0.2) is 54.3 Å². The molecule has 2 fully saturated rings. The summed E-state index contributed by atoms with van der Waals surface area (Å²) in [6.07, 6.45) is 2.93. The predicted octanol–water partition coefficient (Wildman–Crippen LogP) is 2.30. The molecule has 2 aromatic rings. The summed E-state index contributed by atoms with van der Waals surface area (Å²) in [5, 5.41) is 9.05. The first-order valence-electron chi connectivity index (χ1n) is 10.3. The molecule has 0 saturated carbocycles. The number of amides is 2. The van der Waals surface area contributed by atoms with E-state index in [1.54, 1.807) is 30.3 Å². The van der Waals surface area contributed by atoms with Crippen molar-refractivity contribution in [3.8, 4) is 6.07 Å². The number of nitriles is 1. The molecule has 153 valence electrons. The number of nitrogens with zero attached hydrogens (tertiary/aromatic N) is 3. The van der Waals surface area contributed by atoms with Crippen molar-refractivity contribution in [2.24, 2.45) is 17.6 Å². The number of likely N-dealkylation sites (tertiary alicyclic amines) is 2. The molecule has 0 bridgehead atoms. The molecule has 6 nitrogen and oxygen atoms in total. The van der Waals surface area contributed by atoms with Crippen molar-refractivity contribution in [1.29, 1.82) is 5.26 Å². The van der Waals surface area contributed by atoms with Gasteiger partial charge < -0.3 is 15.5 Å². The van der Waals surface area contributed by atoms with Crippen molar-refractivity contribution in [3.63, 3.8) is 0 Å². The van der Waals surface area contributed by atoms with Gasteiger partial charge in [0, 0.05) is 37.3 Å². The van der Waals surface area contributed by atoms with E-state index in [0.29, 0.717) is 28.5 Å². The van der Waals surface area contributed by atoms with Gasteiger partial charge in [-0.15, -0.1) is 0 Å². The SMILES string of the molecule is N#Cc1cccc(C(=O)N2CC3CN(CC[CH]c4ccccc4C(N)=O)C[C@H]3C2)c1. The van der Waals surface area contributed by atoms with Gasteiger partial charge in [0.25, 0.3) is 5.91 Å². The monoisotopic (exact) mass is 401 g/mol. The largest absolute Gasteiger partial charge is 0.366 e. The molecular weight excluding hydrogens is 376 g/mol. The predicted molar refractivity (Wildman–Crippen MR) is 113 cm³/mol. The van der Waals surface area contributed by atoms with Gasteiger partial charge in [0.15, 0.2) is 0 Å². The molecule has 30 heavy (non-hydrogen) atoms. The van der Waals surface area contributed by atoms with Crippen LogP contribution in [0.15, 0.2) is 48.5 Å². The van der Waals surface area contributed by atoms with E-state index in [4.69, 9.17) is 11.0 Å². The van der Waals surface area contributed by atoms with Gasteiger partial charge in [0.05, 0.1) is 11.6 Å². The molecule has 2 heterocycles. The Bertz CT molecular complexity index is 983. The van der Waals surface area contributed by atoms with Crippen LogP contribution in [0.2, 0.25) is 0 Å². The number of primary amides is 1. The standard InChI is InChI=1S/C24H25N4O2/c25-12-17-5-3-7-19(11-17)24(30)28-15-20-13-27(14-21(20)16-28)10-4-8-18-6-1-2-9-22(18)23(26)29/h1-3,5-9,11,20-21H,4,10,13-16H2,(H2,26,29)/t20-,21?/m0/s1. The summed E-state index contributed by atoms with van der Waals surface area (Å²) in [6, 6.07) is 16.4. The van der Waals surface area contributed by atoms with Crippen LogP contribution in [-0.2, 0) is 0 Å². The third-order valence-electron chi connectivity index (χ3n) is 6.12. The van der Waals surface area contributed by atoms with Crippen LogP contribution in [0, 0.1) is 29.6 Å². The van der Waals surface area contributed by atoms with Gasteiger partial charge in [-0.2, -0.15) is 5.26 Å². The lowest BCUT2D eigenvalue weighted by molar-refractivity contribution is 0.0774. The van der Waals surface area contributed by atoms with Gasteiger partial charge in [0.2, 0.25) is 5.91 Å². The maximum Gasteiger partial charge on any atom is 0.253 e. The van der Waals surface area contributed by atoms with Crippen LogP contribution < -0.4 is 5.73 Å². The van der Waals surface area contributed by atoms with Gasteiger partial charge in [-0.3, -0.25) is 9.59 Å². The topological polar surface area (TPSA) is 90.4 Å². The second kappa shape index (κ2) is 8.68. The van der Waals surface area contributed by atoms with Crippen molar-refractivity contribution in [1.82, 2.24) is 9.80 Å². The maximum absolute atomic E-state index is 12.8. The number of carbonyl (C=O) groups is 2. The number of hydrogen-bond donors (Lipinski definition) is 1. The average Bonchev–Trinajstić information content (AvgIpc) is 3.32. The highest BCUT2D eigenvalue weighted by molar-refractivity contribution is 5.95. The molecule has 0 spiro atoms. The fraction of sp³-hybridized carbons (Fsp3) is 0.333. The van der Waals surface area contributed by atoms with E-state index in [-0.39, 0.29) is 5.91 Å². The van der Waals surface area contributed by atoms with E-state index in [9.17, 15) is 9.59 Å². The molecule has 0 aromatic heterocycles. The smallest absolute Gasteiger partial charge is 0.253 e. The summed E-state index contributed by atoms with van der Waals surface area (Å²) in [7, 11) is 0. The normalized spacial score (nSPS) is 20.7. The minimum atomic E-state index is -0.400. The number of rotatable bonds is 6. The minimum absolute atomic E-state index is 0.0180.